The Hall–Kier alpha value is -1.93. The van der Waals surface area contributed by atoms with Gasteiger partial charge >= 0.3 is 5.97 Å². The maximum Gasteiger partial charge on any atom is 0.322 e. The molecule has 0 aliphatic carbocycles. The highest BCUT2D eigenvalue weighted by molar-refractivity contribution is 7.89. The fourth-order valence-electron chi connectivity index (χ4n) is 2.87. The summed E-state index contributed by atoms with van der Waals surface area (Å²) in [5.41, 5.74) is 1.69. The first-order valence-electron chi connectivity index (χ1n) is 7.58. The molecule has 1 aliphatic heterocycles. The highest BCUT2D eigenvalue weighted by Gasteiger charge is 2.43. The van der Waals surface area contributed by atoms with E-state index in [1.165, 1.54) is 12.1 Å². The van der Waals surface area contributed by atoms with Crippen molar-refractivity contribution in [3.63, 3.8) is 0 Å². The standard InChI is InChI=1S/C17H16ClNO5S/c18-13-5-1-11(2-6-13)12-3-7-15(8-4-12)25(23,24)19-10-14(20)9-16(19)17(21)22/h1-8,14,16,20H,9-10H2,(H,21,22)/t14-,16-/m1/s1. The van der Waals surface area contributed by atoms with Crippen LogP contribution in [0.15, 0.2) is 53.4 Å². The van der Waals surface area contributed by atoms with Gasteiger partial charge in [-0.2, -0.15) is 4.31 Å². The number of carboxylic acids is 1. The van der Waals surface area contributed by atoms with Crippen molar-refractivity contribution in [1.82, 2.24) is 4.31 Å². The number of aliphatic carboxylic acids is 1. The summed E-state index contributed by atoms with van der Waals surface area (Å²) < 4.78 is 26.3. The lowest BCUT2D eigenvalue weighted by atomic mass is 10.1. The summed E-state index contributed by atoms with van der Waals surface area (Å²) in [5.74, 6) is -1.27. The van der Waals surface area contributed by atoms with Crippen LogP contribution in [0.4, 0.5) is 0 Å². The molecular formula is C17H16ClNO5S. The number of aliphatic hydroxyl groups excluding tert-OH is 1. The smallest absolute Gasteiger partial charge is 0.322 e. The van der Waals surface area contributed by atoms with Gasteiger partial charge in [-0.3, -0.25) is 4.79 Å². The Bertz CT molecular complexity index is 880. The third-order valence-electron chi connectivity index (χ3n) is 4.16. The van der Waals surface area contributed by atoms with Crippen molar-refractivity contribution < 1.29 is 23.4 Å². The maximum absolute atomic E-state index is 12.7. The van der Waals surface area contributed by atoms with Gasteiger partial charge in [-0.05, 0) is 35.4 Å². The number of benzene rings is 2. The monoisotopic (exact) mass is 381 g/mol. The van der Waals surface area contributed by atoms with Crippen molar-refractivity contribution in [3.8, 4) is 11.1 Å². The lowest BCUT2D eigenvalue weighted by Crippen LogP contribution is -2.40. The van der Waals surface area contributed by atoms with Crippen molar-refractivity contribution in [2.45, 2.75) is 23.5 Å². The molecule has 2 atom stereocenters. The van der Waals surface area contributed by atoms with Crippen LogP contribution in [0.3, 0.4) is 0 Å². The van der Waals surface area contributed by atoms with Gasteiger partial charge in [0.1, 0.15) is 6.04 Å². The van der Waals surface area contributed by atoms with Crippen LogP contribution in [0.25, 0.3) is 11.1 Å². The lowest BCUT2D eigenvalue weighted by Gasteiger charge is -2.20. The zero-order chi connectivity index (χ0) is 18.2. The van der Waals surface area contributed by atoms with E-state index < -0.39 is 28.1 Å². The van der Waals surface area contributed by atoms with Crippen LogP contribution in [0.2, 0.25) is 5.02 Å². The molecule has 2 N–H and O–H groups in total. The zero-order valence-electron chi connectivity index (χ0n) is 13.0. The van der Waals surface area contributed by atoms with Crippen LogP contribution in [0, 0.1) is 0 Å². The normalized spacial score (nSPS) is 21.4. The first-order valence-corrected chi connectivity index (χ1v) is 9.39. The molecule has 2 aromatic rings. The second-order valence-corrected chi connectivity index (χ2v) is 8.18. The van der Waals surface area contributed by atoms with E-state index in [2.05, 4.69) is 0 Å². The van der Waals surface area contributed by atoms with Gasteiger partial charge in [-0.1, -0.05) is 35.9 Å². The molecule has 1 saturated heterocycles. The highest BCUT2D eigenvalue weighted by Crippen LogP contribution is 2.28. The van der Waals surface area contributed by atoms with E-state index in [9.17, 15) is 23.4 Å². The molecule has 0 aromatic heterocycles. The van der Waals surface area contributed by atoms with E-state index in [-0.39, 0.29) is 17.9 Å². The van der Waals surface area contributed by atoms with Crippen molar-refractivity contribution in [2.75, 3.05) is 6.54 Å². The van der Waals surface area contributed by atoms with Gasteiger partial charge in [0.05, 0.1) is 11.0 Å². The number of rotatable bonds is 4. The molecule has 0 amide bonds. The number of hydrogen-bond acceptors (Lipinski definition) is 4. The van der Waals surface area contributed by atoms with Gasteiger partial charge in [0.15, 0.2) is 0 Å². The first kappa shape index (κ1) is 17.9. The Kier molecular flexibility index (Phi) is 4.83. The van der Waals surface area contributed by atoms with Crippen LogP contribution < -0.4 is 0 Å². The summed E-state index contributed by atoms with van der Waals surface area (Å²) in [4.78, 5) is 11.3. The molecular weight excluding hydrogens is 366 g/mol. The molecule has 0 bridgehead atoms. The third kappa shape index (κ3) is 3.55. The molecule has 8 heteroatoms. The molecule has 6 nitrogen and oxygen atoms in total. The average Bonchev–Trinajstić information content (AvgIpc) is 2.99. The fourth-order valence-corrected chi connectivity index (χ4v) is 4.63. The molecule has 2 aromatic carbocycles. The van der Waals surface area contributed by atoms with E-state index in [1.807, 2.05) is 12.1 Å². The Labute approximate surface area is 150 Å². The topological polar surface area (TPSA) is 94.9 Å². The number of β-amino-alcohol motifs (C(OH)–C–C–N with tert-alkyl or cyclic N) is 1. The second kappa shape index (κ2) is 6.76. The van der Waals surface area contributed by atoms with Crippen LogP contribution in [-0.4, -0.2) is 47.6 Å². The fraction of sp³-hybridized carbons (Fsp3) is 0.235. The molecule has 0 saturated carbocycles. The van der Waals surface area contributed by atoms with Gasteiger partial charge < -0.3 is 10.2 Å². The van der Waals surface area contributed by atoms with Gasteiger partial charge in [-0.15, -0.1) is 0 Å². The third-order valence-corrected chi connectivity index (χ3v) is 6.30. The van der Waals surface area contributed by atoms with Crippen LogP contribution in [0.1, 0.15) is 6.42 Å². The molecule has 1 aliphatic rings. The minimum atomic E-state index is -4.00. The number of carbonyl (C=O) groups is 1. The highest BCUT2D eigenvalue weighted by atomic mass is 35.5. The van der Waals surface area contributed by atoms with Gasteiger partial charge in [0, 0.05) is 18.0 Å². The molecule has 25 heavy (non-hydrogen) atoms. The lowest BCUT2D eigenvalue weighted by molar-refractivity contribution is -0.140. The van der Waals surface area contributed by atoms with Crippen LogP contribution in [-0.2, 0) is 14.8 Å². The Morgan fingerprint density at radius 2 is 1.56 bits per heavy atom. The minimum absolute atomic E-state index is 0.00874. The molecule has 3 rings (SSSR count). The molecule has 0 unspecified atom stereocenters. The van der Waals surface area contributed by atoms with Crippen LogP contribution in [0.5, 0.6) is 0 Å². The van der Waals surface area contributed by atoms with Crippen molar-refractivity contribution in [1.29, 1.82) is 0 Å². The van der Waals surface area contributed by atoms with Gasteiger partial charge in [0.25, 0.3) is 0 Å². The summed E-state index contributed by atoms with van der Waals surface area (Å²) in [6.45, 7) is -0.224. The quantitative estimate of drug-likeness (QED) is 0.846. The van der Waals surface area contributed by atoms with E-state index in [0.717, 1.165) is 15.4 Å². The van der Waals surface area contributed by atoms with Crippen molar-refractivity contribution in [2.24, 2.45) is 0 Å². The predicted octanol–water partition coefficient (Wildman–Crippen LogP) is 2.22. The number of carboxylic acid groups (broad SMARTS) is 1. The predicted molar refractivity (Wildman–Crippen MR) is 92.8 cm³/mol. The van der Waals surface area contributed by atoms with Crippen LogP contribution >= 0.6 is 11.6 Å². The zero-order valence-corrected chi connectivity index (χ0v) is 14.6. The van der Waals surface area contributed by atoms with E-state index in [0.29, 0.717) is 5.02 Å². The Morgan fingerprint density at radius 3 is 2.08 bits per heavy atom. The average molecular weight is 382 g/mol. The number of halogens is 1. The molecule has 1 heterocycles. The molecule has 0 spiro atoms. The summed E-state index contributed by atoms with van der Waals surface area (Å²) in [5, 5.41) is 19.5. The SMILES string of the molecule is O=C(O)[C@H]1C[C@@H](O)CN1S(=O)(=O)c1ccc(-c2ccc(Cl)cc2)cc1. The number of nitrogens with zero attached hydrogens (tertiary/aromatic N) is 1. The van der Waals surface area contributed by atoms with Crippen molar-refractivity contribution in [3.05, 3.63) is 53.6 Å². The Balaban J connectivity index is 1.90. The summed E-state index contributed by atoms with van der Waals surface area (Å²) in [6, 6.07) is 12.0. The second-order valence-electron chi connectivity index (χ2n) is 5.85. The van der Waals surface area contributed by atoms with E-state index in [4.69, 9.17) is 11.6 Å². The molecule has 1 fully saturated rings. The summed E-state index contributed by atoms with van der Waals surface area (Å²) in [7, 11) is -4.00. The largest absolute Gasteiger partial charge is 0.480 e. The summed E-state index contributed by atoms with van der Waals surface area (Å²) >= 11 is 5.85. The summed E-state index contributed by atoms with van der Waals surface area (Å²) in [6.07, 6.45) is -1.10. The molecule has 132 valence electrons. The number of hydrogen-bond donors (Lipinski definition) is 2. The first-order chi connectivity index (χ1) is 11.8. The van der Waals surface area contributed by atoms with Crippen molar-refractivity contribution >= 4 is 27.6 Å². The maximum atomic E-state index is 12.7. The van der Waals surface area contributed by atoms with Gasteiger partial charge in [-0.25, -0.2) is 8.42 Å². The van der Waals surface area contributed by atoms with E-state index in [1.54, 1.807) is 24.3 Å². The minimum Gasteiger partial charge on any atom is -0.480 e. The number of sulfonamides is 1. The van der Waals surface area contributed by atoms with Gasteiger partial charge in [0.2, 0.25) is 10.0 Å². The Morgan fingerprint density at radius 1 is 1.04 bits per heavy atom. The number of aliphatic hydroxyl groups is 1. The molecule has 0 radical (unpaired) electrons. The van der Waals surface area contributed by atoms with E-state index >= 15 is 0 Å².